The van der Waals surface area contributed by atoms with E-state index in [2.05, 4.69) is 10.3 Å². The first kappa shape index (κ1) is 12.0. The van der Waals surface area contributed by atoms with Crippen LogP contribution in [0.3, 0.4) is 0 Å². The summed E-state index contributed by atoms with van der Waals surface area (Å²) in [5.41, 5.74) is 6.33. The van der Waals surface area contributed by atoms with Gasteiger partial charge in [-0.2, -0.15) is 4.98 Å². The topological polar surface area (TPSA) is 90.4 Å². The van der Waals surface area contributed by atoms with Crippen LogP contribution < -0.4 is 15.8 Å². The van der Waals surface area contributed by atoms with Gasteiger partial charge in [-0.15, -0.1) is 0 Å². The number of ether oxygens (including phenoxy) is 1. The highest BCUT2D eigenvalue weighted by molar-refractivity contribution is 5.92. The first-order chi connectivity index (χ1) is 8.70. The Labute approximate surface area is 104 Å². The van der Waals surface area contributed by atoms with E-state index in [0.29, 0.717) is 6.54 Å². The number of hydrogen-bond donors (Lipinski definition) is 2. The van der Waals surface area contributed by atoms with E-state index in [4.69, 9.17) is 14.9 Å². The molecule has 18 heavy (non-hydrogen) atoms. The van der Waals surface area contributed by atoms with E-state index in [9.17, 15) is 4.79 Å². The average molecular weight is 247 g/mol. The van der Waals surface area contributed by atoms with E-state index in [1.165, 1.54) is 6.26 Å². The second kappa shape index (κ2) is 5.22. The van der Waals surface area contributed by atoms with Crippen molar-refractivity contribution in [2.45, 2.75) is 6.54 Å². The fourth-order valence-electron chi connectivity index (χ4n) is 1.51. The molecular formula is C12H13N3O3. The molecule has 6 heteroatoms. The van der Waals surface area contributed by atoms with Crippen LogP contribution in [0.25, 0.3) is 0 Å². The highest BCUT2D eigenvalue weighted by Gasteiger charge is 2.11. The van der Waals surface area contributed by atoms with Crippen molar-refractivity contribution in [1.29, 1.82) is 0 Å². The van der Waals surface area contributed by atoms with Crippen molar-refractivity contribution < 1.29 is 13.9 Å². The molecule has 0 aliphatic heterocycles. The number of hydrogen-bond acceptors (Lipinski definition) is 5. The Bertz CT molecular complexity index is 551. The van der Waals surface area contributed by atoms with E-state index in [-0.39, 0.29) is 17.6 Å². The SMILES string of the molecule is COc1ccccc1CNC(=O)c1coc(N)n1. The number of aromatic nitrogens is 1. The monoisotopic (exact) mass is 247 g/mol. The molecule has 0 saturated carbocycles. The largest absolute Gasteiger partial charge is 0.496 e. The van der Waals surface area contributed by atoms with E-state index >= 15 is 0 Å². The van der Waals surface area contributed by atoms with Crippen molar-refractivity contribution in [3.05, 3.63) is 41.8 Å². The van der Waals surface area contributed by atoms with Crippen LogP contribution in [0.2, 0.25) is 0 Å². The average Bonchev–Trinajstić information content (AvgIpc) is 2.83. The summed E-state index contributed by atoms with van der Waals surface area (Å²) < 4.78 is 9.95. The fraction of sp³-hybridized carbons (Fsp3) is 0.167. The van der Waals surface area contributed by atoms with Crippen molar-refractivity contribution in [3.8, 4) is 5.75 Å². The summed E-state index contributed by atoms with van der Waals surface area (Å²) in [5.74, 6) is 0.374. The van der Waals surface area contributed by atoms with Crippen molar-refractivity contribution in [2.75, 3.05) is 12.8 Å². The summed E-state index contributed by atoms with van der Waals surface area (Å²) in [4.78, 5) is 15.4. The predicted octanol–water partition coefficient (Wildman–Crippen LogP) is 1.20. The number of nitrogen functional groups attached to an aromatic ring is 1. The van der Waals surface area contributed by atoms with E-state index in [1.54, 1.807) is 7.11 Å². The minimum absolute atomic E-state index is 0.0301. The van der Waals surface area contributed by atoms with Gasteiger partial charge in [0.15, 0.2) is 5.69 Å². The molecule has 1 heterocycles. The smallest absolute Gasteiger partial charge is 0.292 e. The molecule has 0 aliphatic rings. The van der Waals surface area contributed by atoms with Crippen molar-refractivity contribution in [3.63, 3.8) is 0 Å². The van der Waals surface area contributed by atoms with Crippen LogP contribution in [-0.4, -0.2) is 18.0 Å². The number of carbonyl (C=O) groups excluding carboxylic acids is 1. The molecule has 94 valence electrons. The van der Waals surface area contributed by atoms with Gasteiger partial charge in [-0.3, -0.25) is 4.79 Å². The quantitative estimate of drug-likeness (QED) is 0.847. The molecule has 0 radical (unpaired) electrons. The molecule has 3 N–H and O–H groups in total. The zero-order valence-corrected chi connectivity index (χ0v) is 9.84. The zero-order chi connectivity index (χ0) is 13.0. The molecular weight excluding hydrogens is 234 g/mol. The molecule has 6 nitrogen and oxygen atoms in total. The number of oxazole rings is 1. The molecule has 1 aromatic carbocycles. The van der Waals surface area contributed by atoms with Gasteiger partial charge in [0.25, 0.3) is 11.9 Å². The number of amides is 1. The maximum absolute atomic E-state index is 11.7. The third kappa shape index (κ3) is 2.60. The molecule has 0 atom stereocenters. The van der Waals surface area contributed by atoms with Crippen LogP contribution in [0.5, 0.6) is 5.75 Å². The first-order valence-electron chi connectivity index (χ1n) is 5.32. The maximum atomic E-state index is 11.7. The molecule has 2 rings (SSSR count). The van der Waals surface area contributed by atoms with Gasteiger partial charge < -0.3 is 20.2 Å². The van der Waals surface area contributed by atoms with Crippen LogP contribution in [0.1, 0.15) is 16.1 Å². The minimum atomic E-state index is -0.346. The van der Waals surface area contributed by atoms with Crippen LogP contribution >= 0.6 is 0 Å². The molecule has 0 unspecified atom stereocenters. The third-order valence-corrected chi connectivity index (χ3v) is 2.39. The molecule has 0 bridgehead atoms. The van der Waals surface area contributed by atoms with Crippen LogP contribution in [0.15, 0.2) is 34.9 Å². The first-order valence-corrected chi connectivity index (χ1v) is 5.32. The van der Waals surface area contributed by atoms with E-state index in [0.717, 1.165) is 11.3 Å². The van der Waals surface area contributed by atoms with E-state index in [1.807, 2.05) is 24.3 Å². The second-order valence-corrected chi connectivity index (χ2v) is 3.57. The standard InChI is InChI=1S/C12H13N3O3/c1-17-10-5-3-2-4-8(10)6-14-11(16)9-7-18-12(13)15-9/h2-5,7H,6H2,1H3,(H2,13,15)(H,14,16). The lowest BCUT2D eigenvalue weighted by Gasteiger charge is -2.08. The number of nitrogens with two attached hydrogens (primary N) is 1. The van der Waals surface area contributed by atoms with Crippen LogP contribution in [0, 0.1) is 0 Å². The highest BCUT2D eigenvalue weighted by Crippen LogP contribution is 2.16. The lowest BCUT2D eigenvalue weighted by molar-refractivity contribution is 0.0945. The zero-order valence-electron chi connectivity index (χ0n) is 9.84. The minimum Gasteiger partial charge on any atom is -0.496 e. The van der Waals surface area contributed by atoms with Crippen molar-refractivity contribution in [2.24, 2.45) is 0 Å². The number of para-hydroxylation sites is 1. The number of rotatable bonds is 4. The number of benzene rings is 1. The lowest BCUT2D eigenvalue weighted by Crippen LogP contribution is -2.23. The summed E-state index contributed by atoms with van der Waals surface area (Å²) in [6, 6.07) is 7.41. The van der Waals surface area contributed by atoms with Gasteiger partial charge in [-0.25, -0.2) is 0 Å². The summed E-state index contributed by atoms with van der Waals surface area (Å²) in [7, 11) is 1.58. The predicted molar refractivity (Wildman–Crippen MR) is 65.1 cm³/mol. The van der Waals surface area contributed by atoms with Crippen molar-refractivity contribution in [1.82, 2.24) is 10.3 Å². The Morgan fingerprint density at radius 3 is 2.94 bits per heavy atom. The Kier molecular flexibility index (Phi) is 3.47. The normalized spacial score (nSPS) is 10.1. The summed E-state index contributed by atoms with van der Waals surface area (Å²) in [6.45, 7) is 0.343. The number of nitrogens with one attached hydrogen (secondary N) is 1. The Morgan fingerprint density at radius 1 is 1.50 bits per heavy atom. The molecule has 2 aromatic rings. The third-order valence-electron chi connectivity index (χ3n) is 2.39. The molecule has 0 spiro atoms. The second-order valence-electron chi connectivity index (χ2n) is 3.57. The van der Waals surface area contributed by atoms with Gasteiger partial charge >= 0.3 is 0 Å². The summed E-state index contributed by atoms with van der Waals surface area (Å²) in [6.07, 6.45) is 1.22. The van der Waals surface area contributed by atoms with Gasteiger partial charge in [-0.05, 0) is 6.07 Å². The van der Waals surface area contributed by atoms with Gasteiger partial charge in [0.05, 0.1) is 7.11 Å². The van der Waals surface area contributed by atoms with Crippen LogP contribution in [-0.2, 0) is 6.54 Å². The molecule has 0 saturated heterocycles. The van der Waals surface area contributed by atoms with Crippen molar-refractivity contribution >= 4 is 11.9 Å². The summed E-state index contributed by atoms with van der Waals surface area (Å²) in [5, 5.41) is 2.71. The number of carbonyl (C=O) groups is 1. The number of nitrogens with zero attached hydrogens (tertiary/aromatic N) is 1. The lowest BCUT2D eigenvalue weighted by atomic mass is 10.2. The fourth-order valence-corrected chi connectivity index (χ4v) is 1.51. The maximum Gasteiger partial charge on any atom is 0.292 e. The highest BCUT2D eigenvalue weighted by atomic mass is 16.5. The Hall–Kier alpha value is -2.50. The van der Waals surface area contributed by atoms with Gasteiger partial charge in [0.2, 0.25) is 0 Å². The molecule has 1 aromatic heterocycles. The summed E-state index contributed by atoms with van der Waals surface area (Å²) >= 11 is 0. The molecule has 0 fully saturated rings. The Morgan fingerprint density at radius 2 is 2.28 bits per heavy atom. The molecule has 1 amide bonds. The van der Waals surface area contributed by atoms with Gasteiger partial charge in [0, 0.05) is 12.1 Å². The van der Waals surface area contributed by atoms with Crippen LogP contribution in [0.4, 0.5) is 6.01 Å². The Balaban J connectivity index is 2.01. The number of methoxy groups -OCH3 is 1. The molecule has 0 aliphatic carbocycles. The van der Waals surface area contributed by atoms with Gasteiger partial charge in [0.1, 0.15) is 12.0 Å². The van der Waals surface area contributed by atoms with Gasteiger partial charge in [-0.1, -0.05) is 18.2 Å². The van der Waals surface area contributed by atoms with E-state index < -0.39 is 0 Å². The number of anilines is 1.